The van der Waals surface area contributed by atoms with E-state index < -0.39 is 17.4 Å². The smallest absolute Gasteiger partial charge is 0.449 e. The summed E-state index contributed by atoms with van der Waals surface area (Å²) in [5, 5.41) is 0. The Morgan fingerprint density at radius 1 is 0.838 bits per heavy atom. The molecule has 0 atom stereocenters. The van der Waals surface area contributed by atoms with Gasteiger partial charge in [-0.05, 0) is 68.6 Å². The van der Waals surface area contributed by atoms with Crippen molar-refractivity contribution in [1.29, 1.82) is 0 Å². The number of hydrogen-bond acceptors (Lipinski definition) is 3. The Morgan fingerprint density at radius 3 is 1.95 bits per heavy atom. The topological polar surface area (TPSA) is 36.7 Å². The molecule has 0 N–H and O–H groups in total. The number of halogens is 4. The lowest BCUT2D eigenvalue weighted by Gasteiger charge is -2.38. The molecule has 2 aromatic carbocycles. The molecule has 3 aromatic rings. The van der Waals surface area contributed by atoms with E-state index >= 15 is 0 Å². The zero-order valence-electron chi connectivity index (χ0n) is 20.6. The highest BCUT2D eigenvalue weighted by atomic mass is 35.5. The van der Waals surface area contributed by atoms with E-state index in [1.54, 1.807) is 4.90 Å². The van der Waals surface area contributed by atoms with Gasteiger partial charge < -0.3 is 14.2 Å². The second-order valence-corrected chi connectivity index (χ2v) is 10.0. The van der Waals surface area contributed by atoms with Crippen LogP contribution in [0.4, 0.5) is 13.2 Å². The summed E-state index contributed by atoms with van der Waals surface area (Å²) in [6, 6.07) is 23.4. The van der Waals surface area contributed by atoms with Crippen LogP contribution in [0.1, 0.15) is 54.2 Å². The number of likely N-dealkylation sites (tertiary alicyclic amines) is 2. The van der Waals surface area contributed by atoms with Crippen molar-refractivity contribution in [3.63, 3.8) is 0 Å². The van der Waals surface area contributed by atoms with Gasteiger partial charge in [-0.25, -0.2) is 0 Å². The molecule has 2 fully saturated rings. The molecule has 3 heterocycles. The van der Waals surface area contributed by atoms with Crippen LogP contribution in [-0.4, -0.2) is 41.9 Å². The third-order valence-electron chi connectivity index (χ3n) is 7.84. The van der Waals surface area contributed by atoms with Crippen LogP contribution in [0.3, 0.4) is 0 Å². The second kappa shape index (κ2) is 11.3. The molecule has 8 heteroatoms. The van der Waals surface area contributed by atoms with Crippen LogP contribution in [0, 0.1) is 5.41 Å². The minimum absolute atomic E-state index is 0. The molecule has 0 saturated carbocycles. The highest BCUT2D eigenvalue weighted by molar-refractivity contribution is 5.85. The maximum absolute atomic E-state index is 13.3. The minimum Gasteiger partial charge on any atom is -0.455 e. The van der Waals surface area contributed by atoms with Crippen molar-refractivity contribution in [3.05, 3.63) is 95.4 Å². The number of amides is 1. The number of carbonyl (C=O) groups excluding carboxylic acids is 1. The average molecular weight is 533 g/mol. The predicted octanol–water partition coefficient (Wildman–Crippen LogP) is 6.76. The van der Waals surface area contributed by atoms with Crippen LogP contribution in [-0.2, 0) is 17.5 Å². The first-order valence-corrected chi connectivity index (χ1v) is 12.6. The van der Waals surface area contributed by atoms with Gasteiger partial charge in [0.2, 0.25) is 11.7 Å². The number of carbonyl (C=O) groups is 1. The summed E-state index contributed by atoms with van der Waals surface area (Å²) in [7, 11) is 0. The minimum atomic E-state index is -4.51. The largest absolute Gasteiger partial charge is 0.455 e. The van der Waals surface area contributed by atoms with Gasteiger partial charge in [0.25, 0.3) is 0 Å². The summed E-state index contributed by atoms with van der Waals surface area (Å²) in [5.74, 6) is -0.463. The highest BCUT2D eigenvalue weighted by Gasteiger charge is 2.48. The van der Waals surface area contributed by atoms with Crippen molar-refractivity contribution in [3.8, 4) is 0 Å². The molecular weight excluding hydrogens is 501 g/mol. The van der Waals surface area contributed by atoms with E-state index in [2.05, 4.69) is 53.4 Å². The standard InChI is InChI=1S/C29H31F3N2O2.ClH/c30-29(31,32)26-12-11-24(36-26)21-34-20-16-28(27(34)35)14-18-33(19-15-28)17-13-25(22-7-3-1-4-8-22)23-9-5-2-6-10-23;/h1-12,25H,13-21H2;1H. The Balaban J connectivity index is 0.00000320. The Kier molecular flexibility index (Phi) is 8.34. The van der Waals surface area contributed by atoms with Crippen molar-refractivity contribution in [2.75, 3.05) is 26.2 Å². The maximum atomic E-state index is 13.3. The molecule has 1 aromatic heterocycles. The third-order valence-corrected chi connectivity index (χ3v) is 7.84. The Morgan fingerprint density at radius 2 is 1.41 bits per heavy atom. The van der Waals surface area contributed by atoms with Crippen LogP contribution in [0.15, 0.2) is 77.2 Å². The Hall–Kier alpha value is -2.77. The van der Waals surface area contributed by atoms with Gasteiger partial charge in [0.05, 0.1) is 12.0 Å². The highest BCUT2D eigenvalue weighted by Crippen LogP contribution is 2.42. The van der Waals surface area contributed by atoms with Crippen LogP contribution in [0.2, 0.25) is 0 Å². The van der Waals surface area contributed by atoms with Crippen molar-refractivity contribution >= 4 is 18.3 Å². The SMILES string of the molecule is Cl.O=C1N(Cc2ccc(C(F)(F)F)o2)CCC12CCN(CCC(c1ccccc1)c1ccccc1)CC2. The molecule has 0 radical (unpaired) electrons. The van der Waals surface area contributed by atoms with E-state index in [0.29, 0.717) is 12.5 Å². The summed E-state index contributed by atoms with van der Waals surface area (Å²) in [5.41, 5.74) is 2.23. The van der Waals surface area contributed by atoms with Gasteiger partial charge in [0.1, 0.15) is 5.76 Å². The summed E-state index contributed by atoms with van der Waals surface area (Å²) in [4.78, 5) is 17.4. The van der Waals surface area contributed by atoms with Crippen LogP contribution < -0.4 is 0 Å². The number of rotatable bonds is 7. The summed E-state index contributed by atoms with van der Waals surface area (Å²) >= 11 is 0. The summed E-state index contributed by atoms with van der Waals surface area (Å²) in [6.07, 6.45) is -1.18. The Bertz CT molecular complexity index is 1120. The van der Waals surface area contributed by atoms with Gasteiger partial charge in [-0.15, -0.1) is 12.4 Å². The zero-order valence-corrected chi connectivity index (χ0v) is 21.4. The lowest BCUT2D eigenvalue weighted by molar-refractivity contribution is -0.153. The molecule has 0 unspecified atom stereocenters. The quantitative estimate of drug-likeness (QED) is 0.337. The van der Waals surface area contributed by atoms with Crippen LogP contribution in [0.5, 0.6) is 0 Å². The zero-order chi connectivity index (χ0) is 25.2. The number of nitrogens with zero attached hydrogens (tertiary/aromatic N) is 2. The van der Waals surface area contributed by atoms with E-state index in [4.69, 9.17) is 4.42 Å². The molecule has 2 saturated heterocycles. The van der Waals surface area contributed by atoms with Gasteiger partial charge >= 0.3 is 6.18 Å². The van der Waals surface area contributed by atoms with Gasteiger partial charge in [0, 0.05) is 12.5 Å². The number of piperidine rings is 1. The molecule has 2 aliphatic heterocycles. The van der Waals surface area contributed by atoms with E-state index in [1.165, 1.54) is 17.2 Å². The van der Waals surface area contributed by atoms with Gasteiger partial charge in [-0.3, -0.25) is 4.79 Å². The number of benzene rings is 2. The molecule has 0 aliphatic carbocycles. The number of alkyl halides is 3. The van der Waals surface area contributed by atoms with Gasteiger partial charge in [0.15, 0.2) is 0 Å². The van der Waals surface area contributed by atoms with E-state index in [0.717, 1.165) is 51.4 Å². The fraction of sp³-hybridized carbons (Fsp3) is 0.414. The fourth-order valence-corrected chi connectivity index (χ4v) is 5.72. The molecule has 4 nitrogen and oxygen atoms in total. The maximum Gasteiger partial charge on any atom is 0.449 e. The summed E-state index contributed by atoms with van der Waals surface area (Å²) < 4.78 is 43.5. The molecular formula is C29H32ClF3N2O2. The molecule has 37 heavy (non-hydrogen) atoms. The molecule has 0 bridgehead atoms. The van der Waals surface area contributed by atoms with Crippen molar-refractivity contribution in [2.24, 2.45) is 5.41 Å². The molecule has 1 amide bonds. The van der Waals surface area contributed by atoms with E-state index in [9.17, 15) is 18.0 Å². The molecule has 5 rings (SSSR count). The van der Waals surface area contributed by atoms with Crippen LogP contribution in [0.25, 0.3) is 0 Å². The molecule has 1 spiro atoms. The van der Waals surface area contributed by atoms with Gasteiger partial charge in [-0.1, -0.05) is 60.7 Å². The van der Waals surface area contributed by atoms with Crippen molar-refractivity contribution < 1.29 is 22.4 Å². The van der Waals surface area contributed by atoms with Crippen molar-refractivity contribution in [1.82, 2.24) is 9.80 Å². The lowest BCUT2D eigenvalue weighted by Crippen LogP contribution is -2.45. The average Bonchev–Trinajstić information content (AvgIpc) is 3.48. The first kappa shape index (κ1) is 27.3. The number of furan rings is 1. The molecule has 2 aliphatic rings. The normalized spacial score (nSPS) is 17.9. The van der Waals surface area contributed by atoms with Gasteiger partial charge in [-0.2, -0.15) is 13.2 Å². The third kappa shape index (κ3) is 6.04. The second-order valence-electron chi connectivity index (χ2n) is 10.0. The lowest BCUT2D eigenvalue weighted by atomic mass is 9.77. The summed E-state index contributed by atoms with van der Waals surface area (Å²) in [6.45, 7) is 3.32. The first-order chi connectivity index (χ1) is 17.3. The van der Waals surface area contributed by atoms with Crippen molar-refractivity contribution in [2.45, 2.75) is 44.3 Å². The monoisotopic (exact) mass is 532 g/mol. The number of hydrogen-bond donors (Lipinski definition) is 0. The van der Waals surface area contributed by atoms with E-state index in [1.807, 2.05) is 12.1 Å². The first-order valence-electron chi connectivity index (χ1n) is 12.6. The fourth-order valence-electron chi connectivity index (χ4n) is 5.72. The predicted molar refractivity (Wildman–Crippen MR) is 138 cm³/mol. The van der Waals surface area contributed by atoms with Crippen LogP contribution >= 0.6 is 12.4 Å². The molecule has 198 valence electrons. The van der Waals surface area contributed by atoms with E-state index in [-0.39, 0.29) is 30.6 Å². The Labute approximate surface area is 221 Å².